The molecule has 0 spiro atoms. The second-order valence-electron chi connectivity index (χ2n) is 5.82. The van der Waals surface area contributed by atoms with Crippen molar-refractivity contribution in [3.8, 4) is 0 Å². The van der Waals surface area contributed by atoms with Gasteiger partial charge in [-0.05, 0) is 52.5 Å². The number of anilines is 1. The van der Waals surface area contributed by atoms with Gasteiger partial charge in [0.2, 0.25) is 0 Å². The molecular weight excluding hydrogens is 316 g/mol. The van der Waals surface area contributed by atoms with Crippen molar-refractivity contribution in [2.45, 2.75) is 20.3 Å². The SMILES string of the molecule is Cc1nc2cc([NH+]([O-])O)ccc2c(NCCCN(C)C)c1C.Cl. The average molecular weight is 341 g/mol. The fourth-order valence-electron chi connectivity index (χ4n) is 2.45. The third-order valence-electron chi connectivity index (χ3n) is 3.80. The van der Waals surface area contributed by atoms with E-state index in [2.05, 4.69) is 29.3 Å². The Bertz CT molecular complexity index is 662. The predicted molar refractivity (Wildman–Crippen MR) is 95.9 cm³/mol. The molecule has 0 saturated carbocycles. The molecule has 0 radical (unpaired) electrons. The quantitative estimate of drug-likeness (QED) is 0.554. The molecule has 0 aliphatic rings. The number of pyridine rings is 1. The van der Waals surface area contributed by atoms with E-state index in [1.54, 1.807) is 12.1 Å². The molecule has 0 amide bonds. The van der Waals surface area contributed by atoms with Gasteiger partial charge in [-0.1, -0.05) is 0 Å². The van der Waals surface area contributed by atoms with Gasteiger partial charge in [0, 0.05) is 35.4 Å². The lowest BCUT2D eigenvalue weighted by molar-refractivity contribution is -0.991. The lowest BCUT2D eigenvalue weighted by Gasteiger charge is -2.17. The summed E-state index contributed by atoms with van der Waals surface area (Å²) in [6, 6.07) is 5.10. The molecule has 3 N–H and O–H groups in total. The lowest BCUT2D eigenvalue weighted by atomic mass is 10.1. The van der Waals surface area contributed by atoms with E-state index in [0.29, 0.717) is 0 Å². The summed E-state index contributed by atoms with van der Waals surface area (Å²) in [5, 5.41) is 23.8. The van der Waals surface area contributed by atoms with E-state index < -0.39 is 5.23 Å². The molecular formula is C16H25ClN4O2. The van der Waals surface area contributed by atoms with Crippen LogP contribution in [0.5, 0.6) is 0 Å². The summed E-state index contributed by atoms with van der Waals surface area (Å²) in [6.07, 6.45) is 1.04. The zero-order chi connectivity index (χ0) is 16.3. The fourth-order valence-corrected chi connectivity index (χ4v) is 2.45. The van der Waals surface area contributed by atoms with Gasteiger partial charge in [0.15, 0.2) is 5.69 Å². The number of aromatic nitrogens is 1. The van der Waals surface area contributed by atoms with Gasteiger partial charge in [-0.2, -0.15) is 5.23 Å². The van der Waals surface area contributed by atoms with Crippen LogP contribution in [0.25, 0.3) is 10.9 Å². The minimum Gasteiger partial charge on any atom is -0.595 e. The Kier molecular flexibility index (Phi) is 7.18. The van der Waals surface area contributed by atoms with Crippen LogP contribution in [-0.2, 0) is 0 Å². The third kappa shape index (κ3) is 4.76. The Morgan fingerprint density at radius 3 is 2.61 bits per heavy atom. The largest absolute Gasteiger partial charge is 0.595 e. The number of hydrogen-bond donors (Lipinski definition) is 3. The summed E-state index contributed by atoms with van der Waals surface area (Å²) in [4.78, 5) is 6.68. The number of rotatable bonds is 6. The van der Waals surface area contributed by atoms with Gasteiger partial charge in [-0.25, -0.2) is 5.21 Å². The first-order chi connectivity index (χ1) is 10.4. The highest BCUT2D eigenvalue weighted by Crippen LogP contribution is 2.29. The first-order valence-corrected chi connectivity index (χ1v) is 7.43. The van der Waals surface area contributed by atoms with Crippen molar-refractivity contribution in [3.05, 3.63) is 34.7 Å². The van der Waals surface area contributed by atoms with Crippen molar-refractivity contribution >= 4 is 34.7 Å². The van der Waals surface area contributed by atoms with Gasteiger partial charge in [0.25, 0.3) is 0 Å². The Morgan fingerprint density at radius 2 is 2.00 bits per heavy atom. The van der Waals surface area contributed by atoms with Crippen LogP contribution in [-0.4, -0.2) is 42.3 Å². The highest BCUT2D eigenvalue weighted by atomic mass is 35.5. The molecule has 1 atom stereocenters. The molecule has 128 valence electrons. The fraction of sp³-hybridized carbons (Fsp3) is 0.438. The number of nitrogens with zero attached hydrogens (tertiary/aromatic N) is 2. The number of hydrogen-bond acceptors (Lipinski definition) is 5. The van der Waals surface area contributed by atoms with E-state index >= 15 is 0 Å². The first-order valence-electron chi connectivity index (χ1n) is 7.43. The highest BCUT2D eigenvalue weighted by Gasteiger charge is 2.11. The lowest BCUT2D eigenvalue weighted by Crippen LogP contribution is -2.99. The third-order valence-corrected chi connectivity index (χ3v) is 3.80. The van der Waals surface area contributed by atoms with Gasteiger partial charge in [-0.3, -0.25) is 4.98 Å². The molecule has 0 aliphatic carbocycles. The Morgan fingerprint density at radius 1 is 1.30 bits per heavy atom. The predicted octanol–water partition coefficient (Wildman–Crippen LogP) is 2.04. The van der Waals surface area contributed by atoms with Gasteiger partial charge in [-0.15, -0.1) is 12.4 Å². The first kappa shape index (κ1) is 19.6. The average Bonchev–Trinajstić information content (AvgIpc) is 2.46. The van der Waals surface area contributed by atoms with Crippen LogP contribution < -0.4 is 10.5 Å². The Hall–Kier alpha value is -1.44. The van der Waals surface area contributed by atoms with Gasteiger partial charge in [0.1, 0.15) is 0 Å². The van der Waals surface area contributed by atoms with Crippen molar-refractivity contribution in [2.75, 3.05) is 32.5 Å². The maximum Gasteiger partial charge on any atom is 0.165 e. The number of aryl methyl sites for hydroxylation is 1. The molecule has 0 saturated heterocycles. The van der Waals surface area contributed by atoms with Crippen LogP contribution in [0.3, 0.4) is 0 Å². The van der Waals surface area contributed by atoms with Crippen LogP contribution in [0, 0.1) is 19.1 Å². The second kappa shape index (κ2) is 8.42. The number of halogens is 1. The topological polar surface area (TPSA) is 75.9 Å². The molecule has 1 unspecified atom stereocenters. The molecule has 0 bridgehead atoms. The molecule has 0 aliphatic heterocycles. The number of nitrogens with one attached hydrogen (secondary N) is 2. The van der Waals surface area contributed by atoms with Crippen molar-refractivity contribution in [1.82, 2.24) is 9.88 Å². The van der Waals surface area contributed by atoms with E-state index in [-0.39, 0.29) is 18.1 Å². The van der Waals surface area contributed by atoms with Crippen molar-refractivity contribution in [1.29, 1.82) is 0 Å². The molecule has 1 aromatic carbocycles. The minimum atomic E-state index is -0.928. The van der Waals surface area contributed by atoms with E-state index in [1.807, 2.05) is 19.9 Å². The van der Waals surface area contributed by atoms with Crippen molar-refractivity contribution in [2.24, 2.45) is 0 Å². The molecule has 7 heteroatoms. The standard InChI is InChI=1S/C16H24N4O2.ClH/c1-11-12(2)18-15-10-13(20(21)22)6-7-14(15)16(11)17-8-5-9-19(3)4;/h6-7,10,20-21H,5,8-9H2,1-4H3,(H,17,18);1H. The van der Waals surface area contributed by atoms with Crippen LogP contribution >= 0.6 is 12.4 Å². The maximum absolute atomic E-state index is 11.1. The van der Waals surface area contributed by atoms with Gasteiger partial charge in [0.05, 0.1) is 5.52 Å². The molecule has 23 heavy (non-hydrogen) atoms. The number of fused-ring (bicyclic) bond motifs is 1. The molecule has 6 nitrogen and oxygen atoms in total. The summed E-state index contributed by atoms with van der Waals surface area (Å²) < 4.78 is 0. The zero-order valence-electron chi connectivity index (χ0n) is 14.0. The molecule has 2 rings (SSSR count). The van der Waals surface area contributed by atoms with Crippen molar-refractivity contribution in [3.63, 3.8) is 0 Å². The smallest absolute Gasteiger partial charge is 0.165 e. The summed E-state index contributed by atoms with van der Waals surface area (Å²) in [5.74, 6) is 0. The summed E-state index contributed by atoms with van der Waals surface area (Å²) in [7, 11) is 4.12. The summed E-state index contributed by atoms with van der Waals surface area (Å²) in [5.41, 5.74) is 4.07. The van der Waals surface area contributed by atoms with E-state index in [4.69, 9.17) is 5.21 Å². The molecule has 2 aromatic rings. The van der Waals surface area contributed by atoms with E-state index in [0.717, 1.165) is 47.4 Å². The van der Waals surface area contributed by atoms with Crippen LogP contribution in [0.4, 0.5) is 11.4 Å². The van der Waals surface area contributed by atoms with Crippen LogP contribution in [0.2, 0.25) is 0 Å². The summed E-state index contributed by atoms with van der Waals surface area (Å²) in [6.45, 7) is 5.89. The zero-order valence-corrected chi connectivity index (χ0v) is 14.8. The second-order valence-corrected chi connectivity index (χ2v) is 5.82. The van der Waals surface area contributed by atoms with Gasteiger partial charge >= 0.3 is 0 Å². The maximum atomic E-state index is 11.1. The molecule has 0 fully saturated rings. The summed E-state index contributed by atoms with van der Waals surface area (Å²) >= 11 is 0. The normalized spacial score (nSPS) is 12.3. The molecule has 1 heterocycles. The van der Waals surface area contributed by atoms with Gasteiger partial charge < -0.3 is 15.4 Å². The van der Waals surface area contributed by atoms with Crippen molar-refractivity contribution < 1.29 is 10.4 Å². The van der Waals surface area contributed by atoms with Crippen LogP contribution in [0.15, 0.2) is 18.2 Å². The minimum absolute atomic E-state index is 0. The number of benzene rings is 1. The van der Waals surface area contributed by atoms with Crippen LogP contribution in [0.1, 0.15) is 17.7 Å². The van der Waals surface area contributed by atoms with E-state index in [1.165, 1.54) is 0 Å². The monoisotopic (exact) mass is 340 g/mol. The van der Waals surface area contributed by atoms with E-state index in [9.17, 15) is 5.21 Å². The Labute approximate surface area is 143 Å². The highest BCUT2D eigenvalue weighted by molar-refractivity contribution is 5.94. The Balaban J connectivity index is 0.00000264. The molecule has 1 aromatic heterocycles. The number of quaternary nitrogens is 1.